The van der Waals surface area contributed by atoms with Crippen LogP contribution < -0.4 is 5.32 Å². The molecule has 1 N–H and O–H groups in total. The predicted molar refractivity (Wildman–Crippen MR) is 126 cm³/mol. The minimum atomic E-state index is -0.455. The molecule has 0 aliphatic carbocycles. The second kappa shape index (κ2) is 12.4. The van der Waals surface area contributed by atoms with Crippen molar-refractivity contribution in [2.24, 2.45) is 0 Å². The highest BCUT2D eigenvalue weighted by molar-refractivity contribution is 7.99. The second-order valence-electron chi connectivity index (χ2n) is 7.71. The summed E-state index contributed by atoms with van der Waals surface area (Å²) in [6, 6.07) is 16.0. The third-order valence-corrected chi connectivity index (χ3v) is 5.94. The van der Waals surface area contributed by atoms with Crippen molar-refractivity contribution in [3.8, 4) is 0 Å². The van der Waals surface area contributed by atoms with Crippen LogP contribution in [0.15, 0.2) is 48.5 Å². The molecule has 1 unspecified atom stereocenters. The zero-order valence-corrected chi connectivity index (χ0v) is 19.4. The van der Waals surface area contributed by atoms with Gasteiger partial charge in [-0.05, 0) is 37.8 Å². The molecule has 0 spiro atoms. The third kappa shape index (κ3) is 7.52. The molecule has 2 rings (SSSR count). The Morgan fingerprint density at radius 1 is 1.00 bits per heavy atom. The van der Waals surface area contributed by atoms with Gasteiger partial charge in [0.2, 0.25) is 11.8 Å². The Kier molecular flexibility index (Phi) is 9.95. The first-order valence-corrected chi connectivity index (χ1v) is 11.9. The summed E-state index contributed by atoms with van der Waals surface area (Å²) >= 11 is 1.60. The Morgan fingerprint density at radius 3 is 2.23 bits per heavy atom. The summed E-state index contributed by atoms with van der Waals surface area (Å²) < 4.78 is 0. The Balaban J connectivity index is 2.11. The van der Waals surface area contributed by atoms with Crippen molar-refractivity contribution in [1.82, 2.24) is 10.2 Å². The molecule has 0 aliphatic heterocycles. The molecular formula is C25H34N2O2S. The summed E-state index contributed by atoms with van der Waals surface area (Å²) in [5.41, 5.74) is 4.64. The normalized spacial score (nSPS) is 11.7. The highest BCUT2D eigenvalue weighted by Crippen LogP contribution is 2.18. The van der Waals surface area contributed by atoms with Gasteiger partial charge < -0.3 is 10.2 Å². The number of rotatable bonds is 11. The fourth-order valence-corrected chi connectivity index (χ4v) is 4.29. The van der Waals surface area contributed by atoms with Gasteiger partial charge in [-0.15, -0.1) is 11.8 Å². The van der Waals surface area contributed by atoms with E-state index in [9.17, 15) is 9.59 Å². The highest BCUT2D eigenvalue weighted by Gasteiger charge is 2.28. The molecule has 30 heavy (non-hydrogen) atoms. The van der Waals surface area contributed by atoms with Crippen LogP contribution in [0.3, 0.4) is 0 Å². The zero-order valence-electron chi connectivity index (χ0n) is 18.6. The first-order chi connectivity index (χ1) is 14.4. The second-order valence-corrected chi connectivity index (χ2v) is 8.69. The van der Waals surface area contributed by atoms with Crippen LogP contribution in [0.4, 0.5) is 0 Å². The molecule has 0 aromatic heterocycles. The number of carbonyl (C=O) groups is 2. The van der Waals surface area contributed by atoms with E-state index >= 15 is 0 Å². The monoisotopic (exact) mass is 426 g/mol. The van der Waals surface area contributed by atoms with E-state index in [4.69, 9.17) is 0 Å². The molecule has 0 bridgehead atoms. The van der Waals surface area contributed by atoms with Gasteiger partial charge >= 0.3 is 0 Å². The zero-order chi connectivity index (χ0) is 21.9. The van der Waals surface area contributed by atoms with Crippen LogP contribution in [0.25, 0.3) is 0 Å². The van der Waals surface area contributed by atoms with Gasteiger partial charge in [0, 0.05) is 18.8 Å². The summed E-state index contributed by atoms with van der Waals surface area (Å²) in [5, 5.41) is 2.96. The van der Waals surface area contributed by atoms with Gasteiger partial charge in [0.1, 0.15) is 6.04 Å². The average Bonchev–Trinajstić information content (AvgIpc) is 2.72. The molecule has 162 valence electrons. The Labute approximate surface area is 185 Å². The van der Waals surface area contributed by atoms with Crippen LogP contribution in [-0.4, -0.2) is 35.1 Å². The van der Waals surface area contributed by atoms with Crippen molar-refractivity contribution in [2.45, 2.75) is 58.9 Å². The number of nitrogens with zero attached hydrogens (tertiary/aromatic N) is 1. The first-order valence-electron chi connectivity index (χ1n) is 10.7. The maximum atomic E-state index is 13.2. The van der Waals surface area contributed by atoms with Gasteiger partial charge in [0.25, 0.3) is 0 Å². The van der Waals surface area contributed by atoms with Crippen molar-refractivity contribution in [3.63, 3.8) is 0 Å². The minimum Gasteiger partial charge on any atom is -0.354 e. The van der Waals surface area contributed by atoms with Crippen LogP contribution in [0.1, 0.15) is 48.9 Å². The van der Waals surface area contributed by atoms with Crippen LogP contribution in [0, 0.1) is 13.8 Å². The van der Waals surface area contributed by atoms with E-state index in [2.05, 4.69) is 36.5 Å². The molecule has 0 radical (unpaired) electrons. The van der Waals surface area contributed by atoms with Gasteiger partial charge in [-0.2, -0.15) is 0 Å². The van der Waals surface area contributed by atoms with E-state index in [1.165, 1.54) is 11.1 Å². The van der Waals surface area contributed by atoms with Gasteiger partial charge in [0.05, 0.1) is 5.75 Å². The lowest BCUT2D eigenvalue weighted by atomic mass is 10.1. The molecule has 0 saturated carbocycles. The highest BCUT2D eigenvalue weighted by atomic mass is 32.2. The largest absolute Gasteiger partial charge is 0.354 e. The topological polar surface area (TPSA) is 49.4 Å². The molecule has 2 aromatic rings. The number of aryl methyl sites for hydroxylation is 2. The van der Waals surface area contributed by atoms with E-state index in [1.54, 1.807) is 16.7 Å². The summed E-state index contributed by atoms with van der Waals surface area (Å²) in [5.74, 6) is 1.08. The van der Waals surface area contributed by atoms with E-state index in [0.29, 0.717) is 25.3 Å². The lowest BCUT2D eigenvalue weighted by Gasteiger charge is -2.30. The third-order valence-electron chi connectivity index (χ3n) is 4.95. The lowest BCUT2D eigenvalue weighted by Crippen LogP contribution is -2.49. The molecule has 2 aromatic carbocycles. The smallest absolute Gasteiger partial charge is 0.242 e. The number of thioether (sulfide) groups is 1. The molecule has 0 fully saturated rings. The Hall–Kier alpha value is -2.27. The lowest BCUT2D eigenvalue weighted by molar-refractivity contribution is -0.139. The molecule has 5 heteroatoms. The molecule has 0 heterocycles. The van der Waals surface area contributed by atoms with Gasteiger partial charge in [-0.3, -0.25) is 9.59 Å². The van der Waals surface area contributed by atoms with Gasteiger partial charge in [0.15, 0.2) is 0 Å². The van der Waals surface area contributed by atoms with Crippen LogP contribution in [0.2, 0.25) is 0 Å². The quantitative estimate of drug-likeness (QED) is 0.558. The van der Waals surface area contributed by atoms with E-state index in [-0.39, 0.29) is 11.8 Å². The average molecular weight is 427 g/mol. The van der Waals surface area contributed by atoms with Crippen molar-refractivity contribution in [2.75, 3.05) is 12.3 Å². The number of amides is 2. The molecule has 2 amide bonds. The van der Waals surface area contributed by atoms with E-state index in [0.717, 1.165) is 23.3 Å². The van der Waals surface area contributed by atoms with Crippen molar-refractivity contribution < 1.29 is 9.59 Å². The molecule has 0 aliphatic rings. The SMILES string of the molecule is CCCNC(=O)C(CC)N(Cc1cccc(C)c1)C(=O)CSCc1cccc(C)c1. The Morgan fingerprint density at radius 2 is 1.63 bits per heavy atom. The van der Waals surface area contributed by atoms with Gasteiger partial charge in [-0.1, -0.05) is 73.5 Å². The summed E-state index contributed by atoms with van der Waals surface area (Å²) in [6.07, 6.45) is 1.47. The van der Waals surface area contributed by atoms with E-state index in [1.807, 2.05) is 45.0 Å². The van der Waals surface area contributed by atoms with Crippen molar-refractivity contribution in [3.05, 3.63) is 70.8 Å². The first kappa shape index (κ1) is 24.0. The van der Waals surface area contributed by atoms with Crippen molar-refractivity contribution >= 4 is 23.6 Å². The number of benzene rings is 2. The van der Waals surface area contributed by atoms with Crippen LogP contribution in [0.5, 0.6) is 0 Å². The molecule has 4 nitrogen and oxygen atoms in total. The number of carbonyl (C=O) groups excluding carboxylic acids is 2. The Bertz CT molecular complexity index is 837. The predicted octanol–water partition coefficient (Wildman–Crippen LogP) is 4.87. The fraction of sp³-hybridized carbons (Fsp3) is 0.440. The van der Waals surface area contributed by atoms with Gasteiger partial charge in [-0.25, -0.2) is 0 Å². The number of hydrogen-bond acceptors (Lipinski definition) is 3. The molecule has 0 saturated heterocycles. The fourth-order valence-electron chi connectivity index (χ4n) is 3.43. The molecule has 1 atom stereocenters. The summed E-state index contributed by atoms with van der Waals surface area (Å²) in [4.78, 5) is 27.7. The summed E-state index contributed by atoms with van der Waals surface area (Å²) in [6.45, 7) is 9.18. The van der Waals surface area contributed by atoms with Crippen molar-refractivity contribution in [1.29, 1.82) is 0 Å². The maximum Gasteiger partial charge on any atom is 0.242 e. The standard InChI is InChI=1S/C25H34N2O2S/c1-5-13-26-25(29)23(6-2)27(16-21-11-7-9-19(3)14-21)24(28)18-30-17-22-12-8-10-20(4)15-22/h7-12,14-15,23H,5-6,13,16-18H2,1-4H3,(H,26,29). The van der Waals surface area contributed by atoms with Crippen LogP contribution >= 0.6 is 11.8 Å². The number of hydrogen-bond donors (Lipinski definition) is 1. The molecular weight excluding hydrogens is 392 g/mol. The minimum absolute atomic E-state index is 0.00709. The number of nitrogens with one attached hydrogen (secondary N) is 1. The van der Waals surface area contributed by atoms with Crippen LogP contribution in [-0.2, 0) is 21.9 Å². The maximum absolute atomic E-state index is 13.2. The van der Waals surface area contributed by atoms with E-state index < -0.39 is 6.04 Å². The summed E-state index contributed by atoms with van der Waals surface area (Å²) in [7, 11) is 0.